The third kappa shape index (κ3) is 4.48. The highest BCUT2D eigenvalue weighted by Gasteiger charge is 2.39. The van der Waals surface area contributed by atoms with Gasteiger partial charge in [-0.2, -0.15) is 13.2 Å². The van der Waals surface area contributed by atoms with E-state index in [0.717, 1.165) is 0 Å². The normalized spacial score (nSPS) is 14.9. The Morgan fingerprint density at radius 1 is 1.47 bits per heavy atom. The summed E-state index contributed by atoms with van der Waals surface area (Å²) in [6, 6.07) is 0. The van der Waals surface area contributed by atoms with Gasteiger partial charge in [0.05, 0.1) is 6.54 Å². The van der Waals surface area contributed by atoms with E-state index >= 15 is 0 Å². The molecule has 90 valence electrons. The molecule has 4 nitrogen and oxygen atoms in total. The number of amides is 1. The number of hydrogen-bond acceptors (Lipinski definition) is 3. The van der Waals surface area contributed by atoms with E-state index in [2.05, 4.69) is 0 Å². The number of nitrogens with one attached hydrogen (secondary N) is 1. The van der Waals surface area contributed by atoms with Crippen LogP contribution in [0.15, 0.2) is 0 Å². The highest BCUT2D eigenvalue weighted by molar-refractivity contribution is 5.84. The van der Waals surface area contributed by atoms with E-state index in [0.29, 0.717) is 0 Å². The molecule has 15 heavy (non-hydrogen) atoms. The number of aliphatic hydroxyl groups is 1. The maximum Gasteiger partial charge on any atom is 0.416 e. The molecule has 0 radical (unpaired) electrons. The summed E-state index contributed by atoms with van der Waals surface area (Å²) in [5, 5.41) is 10.5. The van der Waals surface area contributed by atoms with E-state index in [4.69, 9.17) is 9.84 Å². The summed E-state index contributed by atoms with van der Waals surface area (Å²) in [6.45, 7) is 1.93. The molecule has 0 saturated heterocycles. The molecule has 0 aliphatic heterocycles. The molecular formula is C8H14F3NO3. The average Bonchev–Trinajstić information content (AvgIpc) is 2.11. The Kier molecular flexibility index (Phi) is 4.54. The zero-order chi connectivity index (χ0) is 12.3. The van der Waals surface area contributed by atoms with Crippen LogP contribution in [0.2, 0.25) is 0 Å². The topological polar surface area (TPSA) is 58.6 Å². The number of aliphatic hydroxyl groups excluding tert-OH is 1. The van der Waals surface area contributed by atoms with Gasteiger partial charge in [-0.15, -0.1) is 0 Å². The van der Waals surface area contributed by atoms with Crippen molar-refractivity contribution in [2.24, 2.45) is 0 Å². The van der Waals surface area contributed by atoms with Crippen molar-refractivity contribution in [1.29, 1.82) is 0 Å². The molecule has 0 aliphatic rings. The van der Waals surface area contributed by atoms with Gasteiger partial charge < -0.3 is 15.2 Å². The van der Waals surface area contributed by atoms with Crippen LogP contribution in [0.4, 0.5) is 13.2 Å². The van der Waals surface area contributed by atoms with E-state index < -0.39 is 30.3 Å². The standard InChI is InChI=1S/C8H14F3NO3/c1-7(2,15-3)6(14)12-4-5(13)8(9,10)11/h5,13H,4H2,1-3H3,(H,12,14). The van der Waals surface area contributed by atoms with E-state index in [9.17, 15) is 18.0 Å². The Bertz CT molecular complexity index is 228. The van der Waals surface area contributed by atoms with Crippen molar-refractivity contribution in [3.8, 4) is 0 Å². The highest BCUT2D eigenvalue weighted by Crippen LogP contribution is 2.19. The lowest BCUT2D eigenvalue weighted by molar-refractivity contribution is -0.202. The predicted molar refractivity (Wildman–Crippen MR) is 46.2 cm³/mol. The summed E-state index contributed by atoms with van der Waals surface area (Å²) in [5.74, 6) is -0.715. The first-order chi connectivity index (χ1) is 6.61. The summed E-state index contributed by atoms with van der Waals surface area (Å²) in [7, 11) is 1.26. The molecule has 0 spiro atoms. The minimum Gasteiger partial charge on any atom is -0.382 e. The van der Waals surface area contributed by atoms with E-state index in [1.165, 1.54) is 21.0 Å². The molecule has 0 bridgehead atoms. The van der Waals surface area contributed by atoms with E-state index in [1.54, 1.807) is 0 Å². The first-order valence-corrected chi connectivity index (χ1v) is 4.19. The van der Waals surface area contributed by atoms with Crippen LogP contribution in [0, 0.1) is 0 Å². The second-order valence-electron chi connectivity index (χ2n) is 3.48. The number of alkyl halides is 3. The van der Waals surface area contributed by atoms with Crippen LogP contribution in [-0.4, -0.2) is 42.5 Å². The Balaban J connectivity index is 4.13. The molecule has 0 fully saturated rings. The fraction of sp³-hybridized carbons (Fsp3) is 0.875. The van der Waals surface area contributed by atoms with Crippen molar-refractivity contribution >= 4 is 5.91 Å². The van der Waals surface area contributed by atoms with Crippen molar-refractivity contribution in [3.05, 3.63) is 0 Å². The monoisotopic (exact) mass is 229 g/mol. The number of methoxy groups -OCH3 is 1. The number of carbonyl (C=O) groups excluding carboxylic acids is 1. The molecule has 0 aromatic rings. The van der Waals surface area contributed by atoms with Gasteiger partial charge in [-0.25, -0.2) is 0 Å². The molecule has 0 aromatic heterocycles. The van der Waals surface area contributed by atoms with Crippen molar-refractivity contribution in [1.82, 2.24) is 5.32 Å². The Labute approximate surface area is 85.4 Å². The van der Waals surface area contributed by atoms with E-state index in [1.807, 2.05) is 5.32 Å². The third-order valence-electron chi connectivity index (χ3n) is 1.89. The molecule has 7 heteroatoms. The zero-order valence-electron chi connectivity index (χ0n) is 8.68. The SMILES string of the molecule is COC(C)(C)C(=O)NCC(O)C(F)(F)F. The highest BCUT2D eigenvalue weighted by atomic mass is 19.4. The quantitative estimate of drug-likeness (QED) is 0.736. The number of halogens is 3. The molecule has 0 heterocycles. The van der Waals surface area contributed by atoms with Gasteiger partial charge in [0.2, 0.25) is 0 Å². The van der Waals surface area contributed by atoms with Crippen molar-refractivity contribution in [2.45, 2.75) is 31.7 Å². The van der Waals surface area contributed by atoms with E-state index in [-0.39, 0.29) is 0 Å². The molecule has 1 unspecified atom stereocenters. The number of rotatable bonds is 4. The average molecular weight is 229 g/mol. The molecule has 0 saturated carbocycles. The lowest BCUT2D eigenvalue weighted by Crippen LogP contribution is -2.48. The van der Waals surface area contributed by atoms with Crippen LogP contribution in [0.25, 0.3) is 0 Å². The van der Waals surface area contributed by atoms with Crippen LogP contribution < -0.4 is 5.32 Å². The lowest BCUT2D eigenvalue weighted by atomic mass is 10.1. The van der Waals surface area contributed by atoms with Crippen molar-refractivity contribution in [2.75, 3.05) is 13.7 Å². The second kappa shape index (κ2) is 4.80. The molecule has 2 N–H and O–H groups in total. The Hall–Kier alpha value is -0.820. The van der Waals surface area contributed by atoms with Gasteiger partial charge in [0.1, 0.15) is 5.60 Å². The summed E-state index contributed by atoms with van der Waals surface area (Å²) in [6.07, 6.45) is -7.29. The Morgan fingerprint density at radius 3 is 2.27 bits per heavy atom. The zero-order valence-corrected chi connectivity index (χ0v) is 8.68. The summed E-state index contributed by atoms with van der Waals surface area (Å²) < 4.78 is 40.3. The Morgan fingerprint density at radius 2 is 1.93 bits per heavy atom. The second-order valence-corrected chi connectivity index (χ2v) is 3.48. The largest absolute Gasteiger partial charge is 0.416 e. The minimum absolute atomic E-state index is 0.715. The first-order valence-electron chi connectivity index (χ1n) is 4.19. The van der Waals surface area contributed by atoms with Gasteiger partial charge in [0.15, 0.2) is 6.10 Å². The number of ether oxygens (including phenoxy) is 1. The van der Waals surface area contributed by atoms with Crippen LogP contribution in [-0.2, 0) is 9.53 Å². The summed E-state index contributed by atoms with van der Waals surface area (Å²) in [5.41, 5.74) is -1.22. The molecule has 0 aliphatic carbocycles. The summed E-state index contributed by atoms with van der Waals surface area (Å²) in [4.78, 5) is 11.2. The van der Waals surface area contributed by atoms with Gasteiger partial charge in [0, 0.05) is 7.11 Å². The summed E-state index contributed by atoms with van der Waals surface area (Å²) >= 11 is 0. The van der Waals surface area contributed by atoms with Crippen molar-refractivity contribution in [3.63, 3.8) is 0 Å². The van der Waals surface area contributed by atoms with Gasteiger partial charge >= 0.3 is 6.18 Å². The van der Waals surface area contributed by atoms with Crippen LogP contribution >= 0.6 is 0 Å². The van der Waals surface area contributed by atoms with Gasteiger partial charge in [-0.05, 0) is 13.8 Å². The van der Waals surface area contributed by atoms with Gasteiger partial charge in [-0.3, -0.25) is 4.79 Å². The van der Waals surface area contributed by atoms with Crippen LogP contribution in [0.1, 0.15) is 13.8 Å². The molecule has 0 rings (SSSR count). The van der Waals surface area contributed by atoms with Crippen molar-refractivity contribution < 1.29 is 27.8 Å². The fourth-order valence-electron chi connectivity index (χ4n) is 0.611. The number of carbonyl (C=O) groups is 1. The molecule has 0 aromatic carbocycles. The van der Waals surface area contributed by atoms with Crippen LogP contribution in [0.5, 0.6) is 0 Å². The molecular weight excluding hydrogens is 215 g/mol. The molecule has 1 atom stereocenters. The molecule has 1 amide bonds. The van der Waals surface area contributed by atoms with Gasteiger partial charge in [0.25, 0.3) is 5.91 Å². The first kappa shape index (κ1) is 14.2. The third-order valence-corrected chi connectivity index (χ3v) is 1.89. The van der Waals surface area contributed by atoms with Gasteiger partial charge in [-0.1, -0.05) is 0 Å². The maximum atomic E-state index is 11.8. The minimum atomic E-state index is -4.73. The number of hydrogen-bond donors (Lipinski definition) is 2. The predicted octanol–water partition coefficient (Wildman–Crippen LogP) is 0.451. The van der Waals surface area contributed by atoms with Crippen LogP contribution in [0.3, 0.4) is 0 Å². The lowest BCUT2D eigenvalue weighted by Gasteiger charge is -2.23. The smallest absolute Gasteiger partial charge is 0.382 e. The fourth-order valence-corrected chi connectivity index (χ4v) is 0.611. The maximum absolute atomic E-state index is 11.8.